The van der Waals surface area contributed by atoms with Crippen LogP contribution < -0.4 is 5.69 Å². The number of sulfonamides is 1. The fraction of sp³-hybridized carbons (Fsp3) is 0.400. The molecular weight excluding hydrogens is 444 g/mol. The topological polar surface area (TPSA) is 77.2 Å². The molecule has 2 aromatic heterocycles. The lowest BCUT2D eigenvalue weighted by Crippen LogP contribution is -2.38. The number of aromatic nitrogens is 3. The first-order chi connectivity index (χ1) is 14.4. The highest BCUT2D eigenvalue weighted by atomic mass is 35.5. The Bertz CT molecular complexity index is 1180. The molecule has 30 heavy (non-hydrogen) atoms. The molecule has 160 valence electrons. The maximum Gasteiger partial charge on any atom is 0.346 e. The smallest absolute Gasteiger partial charge is 0.279 e. The number of piperidine rings is 1. The summed E-state index contributed by atoms with van der Waals surface area (Å²) in [6.45, 7) is 3.68. The quantitative estimate of drug-likeness (QED) is 0.557. The van der Waals surface area contributed by atoms with Crippen LogP contribution in [0.3, 0.4) is 0 Å². The van der Waals surface area contributed by atoms with Gasteiger partial charge in [0.05, 0.1) is 10.9 Å². The Morgan fingerprint density at radius 3 is 2.43 bits per heavy atom. The Labute approximate surface area is 184 Å². The summed E-state index contributed by atoms with van der Waals surface area (Å²) in [5.74, 6) is 0.794. The summed E-state index contributed by atoms with van der Waals surface area (Å²) in [5, 5.41) is 4.63. The molecule has 3 aromatic rings. The molecule has 1 aliphatic heterocycles. The molecular formula is C20H23ClN4O3S2. The van der Waals surface area contributed by atoms with Crippen LogP contribution in [0, 0.1) is 0 Å². The number of hydrogen-bond acceptors (Lipinski definition) is 5. The average Bonchev–Trinajstić information content (AvgIpc) is 3.33. The van der Waals surface area contributed by atoms with E-state index in [4.69, 9.17) is 11.6 Å². The summed E-state index contributed by atoms with van der Waals surface area (Å²) < 4.78 is 31.1. The lowest BCUT2D eigenvalue weighted by atomic mass is 9.97. The summed E-state index contributed by atoms with van der Waals surface area (Å²) in [6, 6.07) is 12.9. The van der Waals surface area contributed by atoms with Gasteiger partial charge in [-0.1, -0.05) is 41.9 Å². The minimum atomic E-state index is -3.53. The Hall–Kier alpha value is -1.94. The van der Waals surface area contributed by atoms with Crippen molar-refractivity contribution in [2.24, 2.45) is 0 Å². The van der Waals surface area contributed by atoms with Crippen molar-refractivity contribution in [3.8, 4) is 0 Å². The monoisotopic (exact) mass is 466 g/mol. The number of benzene rings is 1. The number of halogens is 1. The van der Waals surface area contributed by atoms with Crippen LogP contribution in [0.5, 0.6) is 0 Å². The summed E-state index contributed by atoms with van der Waals surface area (Å²) >= 11 is 6.98. The predicted molar refractivity (Wildman–Crippen MR) is 118 cm³/mol. The predicted octanol–water partition coefficient (Wildman–Crippen LogP) is 3.40. The number of thiophene rings is 1. The largest absolute Gasteiger partial charge is 0.346 e. The van der Waals surface area contributed by atoms with E-state index in [1.807, 2.05) is 37.3 Å². The SMILES string of the molecule is CCn1c(C2CCN(S(=O)(=O)c3ccc(Cl)s3)CC2)nn(Cc2ccccc2)c1=O. The molecule has 10 heteroatoms. The summed E-state index contributed by atoms with van der Waals surface area (Å²) in [4.78, 5) is 12.8. The minimum absolute atomic E-state index is 0.0491. The maximum absolute atomic E-state index is 12.8. The fourth-order valence-corrected chi connectivity index (χ4v) is 6.94. The zero-order chi connectivity index (χ0) is 21.3. The van der Waals surface area contributed by atoms with Crippen molar-refractivity contribution in [1.29, 1.82) is 0 Å². The second-order valence-electron chi connectivity index (χ2n) is 7.27. The van der Waals surface area contributed by atoms with Crippen LogP contribution in [0.2, 0.25) is 4.34 Å². The molecule has 7 nitrogen and oxygen atoms in total. The number of rotatable bonds is 6. The van der Waals surface area contributed by atoms with E-state index in [0.717, 1.165) is 22.7 Å². The van der Waals surface area contributed by atoms with Crippen LogP contribution in [0.4, 0.5) is 0 Å². The van der Waals surface area contributed by atoms with Gasteiger partial charge in [-0.2, -0.15) is 9.40 Å². The highest BCUT2D eigenvalue weighted by molar-refractivity contribution is 7.91. The van der Waals surface area contributed by atoms with Gasteiger partial charge >= 0.3 is 5.69 Å². The molecule has 1 aromatic carbocycles. The van der Waals surface area contributed by atoms with Crippen molar-refractivity contribution in [2.45, 2.75) is 43.0 Å². The highest BCUT2D eigenvalue weighted by Crippen LogP contribution is 2.33. The third-order valence-corrected chi connectivity index (χ3v) is 9.00. The van der Waals surface area contributed by atoms with E-state index < -0.39 is 10.0 Å². The summed E-state index contributed by atoms with van der Waals surface area (Å²) in [6.07, 6.45) is 1.25. The molecule has 3 heterocycles. The molecule has 0 spiro atoms. The van der Waals surface area contributed by atoms with Gasteiger partial charge < -0.3 is 0 Å². The van der Waals surface area contributed by atoms with E-state index in [2.05, 4.69) is 5.10 Å². The van der Waals surface area contributed by atoms with Gasteiger partial charge in [0.15, 0.2) is 0 Å². The van der Waals surface area contributed by atoms with Crippen molar-refractivity contribution in [1.82, 2.24) is 18.7 Å². The highest BCUT2D eigenvalue weighted by Gasteiger charge is 2.33. The molecule has 1 fully saturated rings. The molecule has 0 aliphatic carbocycles. The maximum atomic E-state index is 12.8. The second-order valence-corrected chi connectivity index (χ2v) is 11.1. The molecule has 0 saturated carbocycles. The first-order valence-electron chi connectivity index (χ1n) is 9.87. The molecule has 0 N–H and O–H groups in total. The fourth-order valence-electron chi connectivity index (χ4n) is 3.83. The van der Waals surface area contributed by atoms with Gasteiger partial charge in [0.25, 0.3) is 10.0 Å². The van der Waals surface area contributed by atoms with Gasteiger partial charge in [-0.05, 0) is 37.5 Å². The first-order valence-corrected chi connectivity index (χ1v) is 12.5. The number of hydrogen-bond donors (Lipinski definition) is 0. The van der Waals surface area contributed by atoms with E-state index in [0.29, 0.717) is 43.4 Å². The van der Waals surface area contributed by atoms with Crippen molar-refractivity contribution in [3.63, 3.8) is 0 Å². The first kappa shape index (κ1) is 21.3. The molecule has 0 radical (unpaired) electrons. The van der Waals surface area contributed by atoms with E-state index in [1.165, 1.54) is 8.99 Å². The molecule has 4 rings (SSSR count). The molecule has 0 unspecified atom stereocenters. The van der Waals surface area contributed by atoms with Gasteiger partial charge in [0.1, 0.15) is 10.0 Å². The Morgan fingerprint density at radius 1 is 1.13 bits per heavy atom. The normalized spacial score (nSPS) is 16.2. The summed E-state index contributed by atoms with van der Waals surface area (Å²) in [7, 11) is -3.53. The lowest BCUT2D eigenvalue weighted by molar-refractivity contribution is 0.309. The van der Waals surface area contributed by atoms with Crippen LogP contribution in [-0.4, -0.2) is 40.2 Å². The van der Waals surface area contributed by atoms with Gasteiger partial charge in [0, 0.05) is 25.6 Å². The van der Waals surface area contributed by atoms with Crippen molar-refractivity contribution in [2.75, 3.05) is 13.1 Å². The number of nitrogens with zero attached hydrogens (tertiary/aromatic N) is 4. The van der Waals surface area contributed by atoms with Crippen LogP contribution >= 0.6 is 22.9 Å². The average molecular weight is 467 g/mol. The van der Waals surface area contributed by atoms with E-state index >= 15 is 0 Å². The molecule has 1 saturated heterocycles. The molecule has 1 aliphatic rings. The van der Waals surface area contributed by atoms with Gasteiger partial charge in [-0.3, -0.25) is 4.57 Å². The third-order valence-electron chi connectivity index (χ3n) is 5.40. The zero-order valence-electron chi connectivity index (χ0n) is 16.6. The van der Waals surface area contributed by atoms with Crippen LogP contribution in [-0.2, 0) is 23.1 Å². The van der Waals surface area contributed by atoms with Crippen LogP contribution in [0.15, 0.2) is 51.5 Å². The Kier molecular flexibility index (Phi) is 6.15. The Morgan fingerprint density at radius 2 is 1.83 bits per heavy atom. The van der Waals surface area contributed by atoms with E-state index in [9.17, 15) is 13.2 Å². The third kappa shape index (κ3) is 4.12. The van der Waals surface area contributed by atoms with E-state index in [1.54, 1.807) is 16.7 Å². The van der Waals surface area contributed by atoms with Gasteiger partial charge in [-0.15, -0.1) is 11.3 Å². The van der Waals surface area contributed by atoms with Crippen molar-refractivity contribution in [3.05, 3.63) is 68.7 Å². The molecule has 0 bridgehead atoms. The summed E-state index contributed by atoms with van der Waals surface area (Å²) in [5.41, 5.74) is 0.891. The van der Waals surface area contributed by atoms with Crippen LogP contribution in [0.1, 0.15) is 37.1 Å². The standard InChI is InChI=1S/C20H23ClN4O3S2/c1-2-24-19(22-25(20(24)26)14-15-6-4-3-5-7-15)16-10-12-23(13-11-16)30(27,28)18-9-8-17(21)29-18/h3-9,16H,2,10-14H2,1H3. The van der Waals surface area contributed by atoms with Crippen molar-refractivity contribution >= 4 is 33.0 Å². The van der Waals surface area contributed by atoms with Gasteiger partial charge in [-0.25, -0.2) is 17.9 Å². The van der Waals surface area contributed by atoms with Crippen LogP contribution in [0.25, 0.3) is 0 Å². The van der Waals surface area contributed by atoms with E-state index in [-0.39, 0.29) is 15.8 Å². The molecule has 0 atom stereocenters. The lowest BCUT2D eigenvalue weighted by Gasteiger charge is -2.30. The zero-order valence-corrected chi connectivity index (χ0v) is 19.0. The minimum Gasteiger partial charge on any atom is -0.279 e. The molecule has 0 amide bonds. The Balaban J connectivity index is 1.52. The second kappa shape index (κ2) is 8.66. The van der Waals surface area contributed by atoms with Gasteiger partial charge in [0.2, 0.25) is 0 Å². The van der Waals surface area contributed by atoms with Crippen molar-refractivity contribution < 1.29 is 8.42 Å².